The molecule has 1 aromatic carbocycles. The van der Waals surface area contributed by atoms with Gasteiger partial charge < -0.3 is 18.8 Å². The van der Waals surface area contributed by atoms with Gasteiger partial charge in [-0.3, -0.25) is 4.79 Å². The van der Waals surface area contributed by atoms with Crippen molar-refractivity contribution < 1.29 is 22.4 Å². The number of anilines is 1. The summed E-state index contributed by atoms with van der Waals surface area (Å²) in [5, 5.41) is 8.99. The number of aromatic nitrogens is 3. The van der Waals surface area contributed by atoms with Crippen LogP contribution in [0.15, 0.2) is 46.2 Å². The van der Waals surface area contributed by atoms with Gasteiger partial charge in [-0.15, -0.1) is 10.2 Å². The molecule has 1 aliphatic rings. The molecule has 1 fully saturated rings. The van der Waals surface area contributed by atoms with Gasteiger partial charge in [-0.25, -0.2) is 0 Å². The number of hydrogen-bond donors (Lipinski definition) is 0. The van der Waals surface area contributed by atoms with Gasteiger partial charge in [0.2, 0.25) is 5.91 Å². The lowest BCUT2D eigenvalue weighted by Gasteiger charge is -2.36. The van der Waals surface area contributed by atoms with Gasteiger partial charge in [-0.05, 0) is 31.2 Å². The number of piperazine rings is 1. The molecule has 32 heavy (non-hydrogen) atoms. The lowest BCUT2D eigenvalue weighted by Crippen LogP contribution is -2.49. The van der Waals surface area contributed by atoms with Gasteiger partial charge in [-0.2, -0.15) is 13.2 Å². The van der Waals surface area contributed by atoms with E-state index in [9.17, 15) is 18.0 Å². The molecule has 3 aromatic rings. The summed E-state index contributed by atoms with van der Waals surface area (Å²) >= 11 is 1.30. The minimum absolute atomic E-state index is 0.0391. The molecule has 0 radical (unpaired) electrons. The minimum Gasteiger partial charge on any atom is -0.469 e. The molecule has 0 saturated carbocycles. The first-order chi connectivity index (χ1) is 15.2. The lowest BCUT2D eigenvalue weighted by molar-refractivity contribution is -0.137. The maximum atomic E-state index is 13.0. The van der Waals surface area contributed by atoms with Crippen molar-refractivity contribution in [2.24, 2.45) is 7.05 Å². The highest BCUT2D eigenvalue weighted by Gasteiger charge is 2.31. The Morgan fingerprint density at radius 1 is 1.16 bits per heavy atom. The highest BCUT2D eigenvalue weighted by molar-refractivity contribution is 7.99. The smallest absolute Gasteiger partial charge is 0.416 e. The minimum atomic E-state index is -4.37. The molecule has 11 heteroatoms. The Morgan fingerprint density at radius 3 is 2.56 bits per heavy atom. The van der Waals surface area contributed by atoms with Gasteiger partial charge in [-0.1, -0.05) is 17.8 Å². The van der Waals surface area contributed by atoms with Crippen molar-refractivity contribution in [3.63, 3.8) is 0 Å². The number of halogens is 3. The average Bonchev–Trinajstić information content (AvgIpc) is 3.36. The van der Waals surface area contributed by atoms with Crippen LogP contribution in [0, 0.1) is 6.92 Å². The normalized spacial score (nSPS) is 14.8. The van der Waals surface area contributed by atoms with E-state index in [-0.39, 0.29) is 11.7 Å². The number of aryl methyl sites for hydroxylation is 1. The Hall–Kier alpha value is -2.95. The van der Waals surface area contributed by atoms with Crippen molar-refractivity contribution in [3.8, 4) is 11.4 Å². The number of alkyl halides is 3. The summed E-state index contributed by atoms with van der Waals surface area (Å²) in [6.07, 6.45) is -2.78. The van der Waals surface area contributed by atoms with Crippen LogP contribution in [0.4, 0.5) is 18.9 Å². The lowest BCUT2D eigenvalue weighted by atomic mass is 10.1. The first kappa shape index (κ1) is 22.3. The highest BCUT2D eigenvalue weighted by atomic mass is 32.2. The maximum absolute atomic E-state index is 13.0. The molecule has 1 saturated heterocycles. The topological polar surface area (TPSA) is 67.4 Å². The van der Waals surface area contributed by atoms with Gasteiger partial charge in [0.15, 0.2) is 11.0 Å². The number of carbonyl (C=O) groups excluding carboxylic acids is 1. The van der Waals surface area contributed by atoms with Crippen molar-refractivity contribution in [2.45, 2.75) is 18.3 Å². The Kier molecular flexibility index (Phi) is 6.18. The van der Waals surface area contributed by atoms with E-state index in [0.29, 0.717) is 42.8 Å². The van der Waals surface area contributed by atoms with Gasteiger partial charge in [0.05, 0.1) is 23.1 Å². The zero-order valence-corrected chi connectivity index (χ0v) is 18.4. The number of amides is 1. The molecule has 0 aliphatic carbocycles. The average molecular weight is 466 g/mol. The monoisotopic (exact) mass is 465 g/mol. The van der Waals surface area contributed by atoms with Crippen LogP contribution in [0.2, 0.25) is 0 Å². The highest BCUT2D eigenvalue weighted by Crippen LogP contribution is 2.32. The van der Waals surface area contributed by atoms with Crippen LogP contribution in [0.3, 0.4) is 0 Å². The Bertz CT molecular complexity index is 1100. The fourth-order valence-electron chi connectivity index (χ4n) is 3.60. The third-order valence-corrected chi connectivity index (χ3v) is 6.44. The van der Waals surface area contributed by atoms with Crippen LogP contribution in [0.25, 0.3) is 11.4 Å². The van der Waals surface area contributed by atoms with Crippen molar-refractivity contribution in [1.29, 1.82) is 0 Å². The number of benzene rings is 1. The van der Waals surface area contributed by atoms with E-state index < -0.39 is 11.7 Å². The van der Waals surface area contributed by atoms with Crippen LogP contribution < -0.4 is 4.90 Å². The number of rotatable bonds is 5. The number of nitrogens with zero attached hydrogens (tertiary/aromatic N) is 5. The van der Waals surface area contributed by atoms with E-state index in [4.69, 9.17) is 4.42 Å². The molecular weight excluding hydrogens is 443 g/mol. The molecule has 0 unspecified atom stereocenters. The van der Waals surface area contributed by atoms with Gasteiger partial charge in [0, 0.05) is 38.9 Å². The first-order valence-corrected chi connectivity index (χ1v) is 11.0. The van der Waals surface area contributed by atoms with E-state index in [1.165, 1.54) is 17.8 Å². The van der Waals surface area contributed by atoms with E-state index in [0.717, 1.165) is 23.5 Å². The van der Waals surface area contributed by atoms with Crippen LogP contribution >= 0.6 is 11.8 Å². The number of hydrogen-bond acceptors (Lipinski definition) is 6. The SMILES string of the molecule is Cc1occc1-c1nnc(SCC(=O)N2CCN(c3cccc(C(F)(F)F)c3)CC2)n1C. The maximum Gasteiger partial charge on any atom is 0.416 e. The van der Waals surface area contributed by atoms with Crippen LogP contribution in [-0.4, -0.2) is 57.5 Å². The molecule has 4 rings (SSSR count). The first-order valence-electron chi connectivity index (χ1n) is 10.0. The molecule has 0 atom stereocenters. The molecule has 7 nitrogen and oxygen atoms in total. The summed E-state index contributed by atoms with van der Waals surface area (Å²) in [4.78, 5) is 16.3. The van der Waals surface area contributed by atoms with Gasteiger partial charge in [0.1, 0.15) is 5.76 Å². The molecule has 170 valence electrons. The number of thioether (sulfide) groups is 1. The number of carbonyl (C=O) groups is 1. The molecule has 1 aliphatic heterocycles. The summed E-state index contributed by atoms with van der Waals surface area (Å²) < 4.78 is 46.0. The third-order valence-electron chi connectivity index (χ3n) is 5.43. The molecule has 0 N–H and O–H groups in total. The summed E-state index contributed by atoms with van der Waals surface area (Å²) in [6, 6.07) is 7.11. The number of furan rings is 1. The largest absolute Gasteiger partial charge is 0.469 e. The second kappa shape index (κ2) is 8.89. The molecule has 2 aromatic heterocycles. The Morgan fingerprint density at radius 2 is 1.91 bits per heavy atom. The molecule has 3 heterocycles. The Labute approximate surface area is 187 Å². The van der Waals surface area contributed by atoms with E-state index in [2.05, 4.69) is 10.2 Å². The summed E-state index contributed by atoms with van der Waals surface area (Å²) in [5.41, 5.74) is 0.699. The van der Waals surface area contributed by atoms with Crippen LogP contribution in [0.1, 0.15) is 11.3 Å². The Balaban J connectivity index is 1.32. The van der Waals surface area contributed by atoms with Crippen molar-refractivity contribution in [1.82, 2.24) is 19.7 Å². The van der Waals surface area contributed by atoms with Crippen molar-refractivity contribution >= 4 is 23.4 Å². The van der Waals surface area contributed by atoms with E-state index in [1.54, 1.807) is 17.2 Å². The third kappa shape index (κ3) is 4.62. The molecule has 1 amide bonds. The predicted molar refractivity (Wildman–Crippen MR) is 114 cm³/mol. The van der Waals surface area contributed by atoms with Gasteiger partial charge >= 0.3 is 6.18 Å². The van der Waals surface area contributed by atoms with E-state index in [1.807, 2.05) is 29.5 Å². The summed E-state index contributed by atoms with van der Waals surface area (Å²) in [6.45, 7) is 3.71. The molecular formula is C21H22F3N5O2S. The van der Waals surface area contributed by atoms with Crippen LogP contribution in [-0.2, 0) is 18.0 Å². The zero-order chi connectivity index (χ0) is 22.9. The summed E-state index contributed by atoms with van der Waals surface area (Å²) in [5.74, 6) is 1.58. The quantitative estimate of drug-likeness (QED) is 0.534. The van der Waals surface area contributed by atoms with Gasteiger partial charge in [0.25, 0.3) is 0 Å². The standard InChI is InChI=1S/C21H22F3N5O2S/c1-14-17(6-11-31-14)19-25-26-20(27(19)2)32-13-18(30)29-9-7-28(8-10-29)16-5-3-4-15(12-16)21(22,23)24/h3-6,11-12H,7-10,13H2,1-2H3. The molecule has 0 bridgehead atoms. The zero-order valence-electron chi connectivity index (χ0n) is 17.6. The second-order valence-corrected chi connectivity index (χ2v) is 8.40. The van der Waals surface area contributed by atoms with Crippen molar-refractivity contribution in [3.05, 3.63) is 47.9 Å². The fourth-order valence-corrected chi connectivity index (χ4v) is 4.42. The van der Waals surface area contributed by atoms with Crippen LogP contribution in [0.5, 0.6) is 0 Å². The predicted octanol–water partition coefficient (Wildman–Crippen LogP) is 3.84. The summed E-state index contributed by atoms with van der Waals surface area (Å²) in [7, 11) is 1.84. The fraction of sp³-hybridized carbons (Fsp3) is 0.381. The second-order valence-electron chi connectivity index (χ2n) is 7.46. The van der Waals surface area contributed by atoms with Crippen molar-refractivity contribution in [2.75, 3.05) is 36.8 Å². The van der Waals surface area contributed by atoms with E-state index >= 15 is 0 Å². The molecule has 0 spiro atoms.